The van der Waals surface area contributed by atoms with Crippen molar-refractivity contribution in [1.82, 2.24) is 0 Å². The van der Waals surface area contributed by atoms with Crippen LogP contribution in [0.25, 0.3) is 11.0 Å². The van der Waals surface area contributed by atoms with Gasteiger partial charge >= 0.3 is 5.63 Å². The molecule has 3 aromatic rings. The highest BCUT2D eigenvalue weighted by atomic mass is 32.1. The SMILES string of the molecule is Cc1ccc(NC(=S)Nc2ccc3c(C)cc(=O)oc3c2)c(C)c1. The first-order valence-electron chi connectivity index (χ1n) is 7.62. The highest BCUT2D eigenvalue weighted by Gasteiger charge is 2.06. The van der Waals surface area contributed by atoms with Gasteiger partial charge in [0.05, 0.1) is 0 Å². The predicted octanol–water partition coefficient (Wildman–Crippen LogP) is 4.53. The van der Waals surface area contributed by atoms with Gasteiger partial charge in [-0.3, -0.25) is 0 Å². The molecule has 4 nitrogen and oxygen atoms in total. The molecule has 0 aliphatic carbocycles. The van der Waals surface area contributed by atoms with Gasteiger partial charge in [0.25, 0.3) is 0 Å². The molecule has 0 spiro atoms. The Labute approximate surface area is 145 Å². The molecule has 24 heavy (non-hydrogen) atoms. The van der Waals surface area contributed by atoms with Gasteiger partial charge < -0.3 is 15.1 Å². The fraction of sp³-hybridized carbons (Fsp3) is 0.158. The quantitative estimate of drug-likeness (QED) is 0.531. The zero-order valence-corrected chi connectivity index (χ0v) is 14.6. The molecule has 0 bridgehead atoms. The van der Waals surface area contributed by atoms with Crippen LogP contribution in [-0.2, 0) is 0 Å². The Hall–Kier alpha value is -2.66. The maximum atomic E-state index is 11.5. The lowest BCUT2D eigenvalue weighted by Crippen LogP contribution is -2.19. The van der Waals surface area contributed by atoms with E-state index < -0.39 is 0 Å². The lowest BCUT2D eigenvalue weighted by molar-refractivity contribution is 0.560. The number of hydrogen-bond acceptors (Lipinski definition) is 3. The van der Waals surface area contributed by atoms with Crippen LogP contribution in [0.15, 0.2) is 51.7 Å². The molecule has 0 aliphatic heterocycles. The molecule has 5 heteroatoms. The van der Waals surface area contributed by atoms with Crippen LogP contribution in [0.3, 0.4) is 0 Å². The zero-order valence-electron chi connectivity index (χ0n) is 13.8. The number of anilines is 2. The van der Waals surface area contributed by atoms with Crippen molar-refractivity contribution in [2.75, 3.05) is 10.6 Å². The van der Waals surface area contributed by atoms with E-state index >= 15 is 0 Å². The third-order valence-corrected chi connectivity index (χ3v) is 4.04. The van der Waals surface area contributed by atoms with Crippen LogP contribution in [0.2, 0.25) is 0 Å². The summed E-state index contributed by atoms with van der Waals surface area (Å²) in [5.41, 5.74) is 5.13. The first-order valence-corrected chi connectivity index (χ1v) is 8.03. The van der Waals surface area contributed by atoms with Crippen molar-refractivity contribution in [3.63, 3.8) is 0 Å². The van der Waals surface area contributed by atoms with E-state index in [1.165, 1.54) is 11.6 Å². The van der Waals surface area contributed by atoms with Crippen molar-refractivity contribution >= 4 is 39.7 Å². The third-order valence-electron chi connectivity index (χ3n) is 3.84. The van der Waals surface area contributed by atoms with E-state index in [0.717, 1.165) is 27.9 Å². The first-order chi connectivity index (χ1) is 11.4. The average molecular weight is 338 g/mol. The minimum absolute atomic E-state index is 0.354. The molecule has 122 valence electrons. The fourth-order valence-electron chi connectivity index (χ4n) is 2.64. The molecule has 2 N–H and O–H groups in total. The fourth-order valence-corrected chi connectivity index (χ4v) is 2.87. The molecule has 0 atom stereocenters. The number of thiocarbonyl (C=S) groups is 1. The predicted molar refractivity (Wildman–Crippen MR) is 103 cm³/mol. The summed E-state index contributed by atoms with van der Waals surface area (Å²) < 4.78 is 5.26. The molecule has 1 aromatic heterocycles. The molecule has 1 heterocycles. The van der Waals surface area contributed by atoms with Gasteiger partial charge in [0.15, 0.2) is 5.11 Å². The Balaban J connectivity index is 1.81. The normalized spacial score (nSPS) is 10.6. The van der Waals surface area contributed by atoms with E-state index in [1.54, 1.807) is 6.07 Å². The van der Waals surface area contributed by atoms with Crippen LogP contribution in [0.1, 0.15) is 16.7 Å². The second-order valence-corrected chi connectivity index (χ2v) is 6.27. The molecule has 0 saturated carbocycles. The largest absolute Gasteiger partial charge is 0.423 e. The zero-order chi connectivity index (χ0) is 17.3. The lowest BCUT2D eigenvalue weighted by atomic mass is 10.1. The molecule has 0 aliphatic rings. The standard InChI is InChI=1S/C19H18N2O2S/c1-11-4-7-16(13(3)8-11)21-19(24)20-14-5-6-15-12(2)9-18(22)23-17(15)10-14/h4-10H,1-3H3,(H2,20,21,24). The van der Waals surface area contributed by atoms with Crippen molar-refractivity contribution in [2.24, 2.45) is 0 Å². The number of hydrogen-bond donors (Lipinski definition) is 2. The first kappa shape index (κ1) is 16.2. The summed E-state index contributed by atoms with van der Waals surface area (Å²) >= 11 is 5.37. The molecule has 0 radical (unpaired) electrons. The molecule has 0 unspecified atom stereocenters. The highest BCUT2D eigenvalue weighted by Crippen LogP contribution is 2.21. The van der Waals surface area contributed by atoms with E-state index in [9.17, 15) is 4.79 Å². The van der Waals surface area contributed by atoms with E-state index in [1.807, 2.05) is 38.1 Å². The van der Waals surface area contributed by atoms with Gasteiger partial charge in [-0.25, -0.2) is 4.79 Å². The van der Waals surface area contributed by atoms with Gasteiger partial charge in [0.1, 0.15) is 5.58 Å². The summed E-state index contributed by atoms with van der Waals surface area (Å²) in [5, 5.41) is 7.70. The molecular formula is C19H18N2O2S. The number of benzene rings is 2. The van der Waals surface area contributed by atoms with Crippen molar-refractivity contribution in [2.45, 2.75) is 20.8 Å². The van der Waals surface area contributed by atoms with Crippen LogP contribution in [0.5, 0.6) is 0 Å². The van der Waals surface area contributed by atoms with E-state index in [2.05, 4.69) is 23.6 Å². The van der Waals surface area contributed by atoms with Gasteiger partial charge in [0.2, 0.25) is 0 Å². The Morgan fingerprint density at radius 3 is 2.50 bits per heavy atom. The minimum atomic E-state index is -0.354. The molecule has 0 amide bonds. The van der Waals surface area contributed by atoms with Crippen LogP contribution in [-0.4, -0.2) is 5.11 Å². The topological polar surface area (TPSA) is 54.3 Å². The number of rotatable bonds is 2. The van der Waals surface area contributed by atoms with Crippen LogP contribution >= 0.6 is 12.2 Å². The van der Waals surface area contributed by atoms with Gasteiger partial charge in [-0.15, -0.1) is 0 Å². The summed E-state index contributed by atoms with van der Waals surface area (Å²) in [7, 11) is 0. The smallest absolute Gasteiger partial charge is 0.336 e. The van der Waals surface area contributed by atoms with E-state index in [4.69, 9.17) is 16.6 Å². The average Bonchev–Trinajstić information content (AvgIpc) is 2.49. The molecule has 2 aromatic carbocycles. The summed E-state index contributed by atoms with van der Waals surface area (Å²) in [6, 6.07) is 13.2. The molecule has 0 saturated heterocycles. The number of nitrogens with one attached hydrogen (secondary N) is 2. The Morgan fingerprint density at radius 2 is 1.75 bits per heavy atom. The molecular weight excluding hydrogens is 320 g/mol. The maximum absolute atomic E-state index is 11.5. The number of aryl methyl sites for hydroxylation is 3. The summed E-state index contributed by atoms with van der Waals surface area (Å²) in [4.78, 5) is 11.5. The van der Waals surface area contributed by atoms with Crippen LogP contribution in [0.4, 0.5) is 11.4 Å². The van der Waals surface area contributed by atoms with Gasteiger partial charge in [-0.1, -0.05) is 17.7 Å². The van der Waals surface area contributed by atoms with Gasteiger partial charge in [-0.2, -0.15) is 0 Å². The summed E-state index contributed by atoms with van der Waals surface area (Å²) in [6.45, 7) is 5.97. The molecule has 0 fully saturated rings. The summed E-state index contributed by atoms with van der Waals surface area (Å²) in [5.74, 6) is 0. The Kier molecular flexibility index (Phi) is 4.36. The summed E-state index contributed by atoms with van der Waals surface area (Å²) in [6.07, 6.45) is 0. The maximum Gasteiger partial charge on any atom is 0.336 e. The van der Waals surface area contributed by atoms with Crippen molar-refractivity contribution < 1.29 is 4.42 Å². The van der Waals surface area contributed by atoms with Gasteiger partial charge in [0, 0.05) is 28.9 Å². The number of fused-ring (bicyclic) bond motifs is 1. The highest BCUT2D eigenvalue weighted by molar-refractivity contribution is 7.80. The Bertz CT molecular complexity index is 992. The van der Waals surface area contributed by atoms with Crippen LogP contribution < -0.4 is 16.3 Å². The van der Waals surface area contributed by atoms with Gasteiger partial charge in [-0.05, 0) is 62.3 Å². The van der Waals surface area contributed by atoms with Crippen molar-refractivity contribution in [3.8, 4) is 0 Å². The Morgan fingerprint density at radius 1 is 0.958 bits per heavy atom. The molecule has 3 rings (SSSR count). The van der Waals surface area contributed by atoms with Crippen LogP contribution in [0, 0.1) is 20.8 Å². The minimum Gasteiger partial charge on any atom is -0.423 e. The van der Waals surface area contributed by atoms with Crippen molar-refractivity contribution in [3.05, 3.63) is 69.6 Å². The third kappa shape index (κ3) is 3.46. The van der Waals surface area contributed by atoms with Crippen molar-refractivity contribution in [1.29, 1.82) is 0 Å². The second-order valence-electron chi connectivity index (χ2n) is 5.86. The lowest BCUT2D eigenvalue weighted by Gasteiger charge is -2.13. The van der Waals surface area contributed by atoms with E-state index in [0.29, 0.717) is 10.7 Å². The monoisotopic (exact) mass is 338 g/mol. The second kappa shape index (κ2) is 6.45. The van der Waals surface area contributed by atoms with E-state index in [-0.39, 0.29) is 5.63 Å².